The van der Waals surface area contributed by atoms with Crippen LogP contribution in [0.4, 0.5) is 0 Å². The highest BCUT2D eigenvalue weighted by Crippen LogP contribution is 2.46. The lowest BCUT2D eigenvalue weighted by Crippen LogP contribution is -2.25. The molecular formula is C29H22BrNO3S. The molecule has 0 atom stereocenters. The van der Waals surface area contributed by atoms with Gasteiger partial charge in [-0.3, -0.25) is 0 Å². The van der Waals surface area contributed by atoms with E-state index in [-0.39, 0.29) is 23.7 Å². The van der Waals surface area contributed by atoms with Crippen LogP contribution in [-0.4, -0.2) is 17.8 Å². The fourth-order valence-corrected chi connectivity index (χ4v) is 6.30. The van der Waals surface area contributed by atoms with Crippen LogP contribution in [0, 0.1) is 18.8 Å². The van der Waals surface area contributed by atoms with Crippen LogP contribution in [0.5, 0.6) is 5.75 Å². The molecule has 0 fully saturated rings. The molecule has 0 radical (unpaired) electrons. The van der Waals surface area contributed by atoms with E-state index in [1.807, 2.05) is 67.6 Å². The van der Waals surface area contributed by atoms with Gasteiger partial charge in [-0.2, -0.15) is 4.31 Å². The lowest BCUT2D eigenvalue weighted by molar-refractivity contribution is 0.421. The molecule has 0 bridgehead atoms. The van der Waals surface area contributed by atoms with E-state index in [0.717, 1.165) is 27.8 Å². The molecule has 6 heteroatoms. The van der Waals surface area contributed by atoms with Gasteiger partial charge in [0.25, 0.3) is 0 Å². The van der Waals surface area contributed by atoms with Crippen molar-refractivity contribution in [3.63, 3.8) is 0 Å². The second kappa shape index (κ2) is 9.35. The van der Waals surface area contributed by atoms with Gasteiger partial charge in [-0.15, -0.1) is 0 Å². The Morgan fingerprint density at radius 3 is 2.09 bits per heavy atom. The molecule has 1 aliphatic rings. The molecule has 4 nitrogen and oxygen atoms in total. The van der Waals surface area contributed by atoms with Crippen molar-refractivity contribution in [1.29, 1.82) is 0 Å². The Morgan fingerprint density at radius 2 is 1.43 bits per heavy atom. The lowest BCUT2D eigenvalue weighted by Gasteiger charge is -2.16. The minimum Gasteiger partial charge on any atom is -0.506 e. The van der Waals surface area contributed by atoms with Gasteiger partial charge in [0.2, 0.25) is 10.0 Å². The van der Waals surface area contributed by atoms with Crippen LogP contribution in [0.1, 0.15) is 27.8 Å². The van der Waals surface area contributed by atoms with E-state index in [1.54, 1.807) is 24.3 Å². The fourth-order valence-electron chi connectivity index (χ4n) is 4.26. The van der Waals surface area contributed by atoms with Crippen molar-refractivity contribution in [1.82, 2.24) is 4.31 Å². The van der Waals surface area contributed by atoms with Crippen molar-refractivity contribution in [2.24, 2.45) is 0 Å². The lowest BCUT2D eigenvalue weighted by atomic mass is 9.92. The Kier molecular flexibility index (Phi) is 6.24. The van der Waals surface area contributed by atoms with Crippen LogP contribution < -0.4 is 0 Å². The first kappa shape index (κ1) is 23.4. The van der Waals surface area contributed by atoms with Gasteiger partial charge in [-0.05, 0) is 58.2 Å². The molecule has 0 saturated carbocycles. The molecule has 4 aromatic carbocycles. The summed E-state index contributed by atoms with van der Waals surface area (Å²) in [5.74, 6) is 6.57. The van der Waals surface area contributed by atoms with Crippen LogP contribution in [0.3, 0.4) is 0 Å². The average molecular weight is 544 g/mol. The first-order chi connectivity index (χ1) is 16.9. The number of aromatic hydroxyl groups is 1. The van der Waals surface area contributed by atoms with Crippen molar-refractivity contribution in [3.05, 3.63) is 117 Å². The van der Waals surface area contributed by atoms with Crippen LogP contribution >= 0.6 is 15.9 Å². The molecule has 0 unspecified atom stereocenters. The highest BCUT2D eigenvalue weighted by molar-refractivity contribution is 9.10. The Morgan fingerprint density at radius 1 is 0.829 bits per heavy atom. The summed E-state index contributed by atoms with van der Waals surface area (Å²) < 4.78 is 28.8. The molecule has 35 heavy (non-hydrogen) atoms. The number of benzene rings is 4. The third kappa shape index (κ3) is 4.39. The van der Waals surface area contributed by atoms with Crippen LogP contribution in [0.15, 0.2) is 94.3 Å². The number of rotatable bonds is 3. The van der Waals surface area contributed by atoms with E-state index < -0.39 is 10.0 Å². The molecule has 1 N–H and O–H groups in total. The first-order valence-electron chi connectivity index (χ1n) is 11.1. The quantitative estimate of drug-likeness (QED) is 0.311. The normalized spacial score (nSPS) is 13.2. The number of nitrogens with zero attached hydrogens (tertiary/aromatic N) is 1. The molecule has 174 valence electrons. The number of phenols is 1. The Hall–Kier alpha value is -3.37. The second-order valence-corrected chi connectivity index (χ2v) is 11.2. The van der Waals surface area contributed by atoms with Crippen LogP contribution in [0.2, 0.25) is 0 Å². The van der Waals surface area contributed by atoms with Gasteiger partial charge in [0, 0.05) is 35.3 Å². The van der Waals surface area contributed by atoms with E-state index in [9.17, 15) is 13.5 Å². The fraction of sp³-hybridized carbons (Fsp3) is 0.103. The number of hydrogen-bond donors (Lipinski definition) is 1. The number of halogens is 1. The minimum atomic E-state index is -3.76. The van der Waals surface area contributed by atoms with Gasteiger partial charge in [-0.1, -0.05) is 78.1 Å². The SMILES string of the molecule is Cc1ccc(S(=O)(=O)N2Cc3c(O)c(Br)c(-c4ccccc4)c(C#Cc4ccccc4)c3C2)cc1. The molecule has 0 saturated heterocycles. The second-order valence-electron chi connectivity index (χ2n) is 8.44. The van der Waals surface area contributed by atoms with Crippen LogP contribution in [-0.2, 0) is 23.1 Å². The molecule has 5 rings (SSSR count). The first-order valence-corrected chi connectivity index (χ1v) is 13.3. The largest absolute Gasteiger partial charge is 0.506 e. The summed E-state index contributed by atoms with van der Waals surface area (Å²) in [6, 6.07) is 26.1. The zero-order valence-corrected chi connectivity index (χ0v) is 21.4. The van der Waals surface area contributed by atoms with Gasteiger partial charge < -0.3 is 5.11 Å². The highest BCUT2D eigenvalue weighted by Gasteiger charge is 2.36. The Balaban J connectivity index is 1.68. The average Bonchev–Trinajstić information content (AvgIpc) is 3.33. The summed E-state index contributed by atoms with van der Waals surface area (Å²) >= 11 is 3.59. The molecule has 1 heterocycles. The molecule has 1 aliphatic heterocycles. The summed E-state index contributed by atoms with van der Waals surface area (Å²) in [6.07, 6.45) is 0. The summed E-state index contributed by atoms with van der Waals surface area (Å²) in [5.41, 5.74) is 5.48. The van der Waals surface area contributed by atoms with Crippen molar-refractivity contribution < 1.29 is 13.5 Å². The number of sulfonamides is 1. The Labute approximate surface area is 214 Å². The summed E-state index contributed by atoms with van der Waals surface area (Å²) in [4.78, 5) is 0.231. The minimum absolute atomic E-state index is 0.0470. The number of phenolic OH excluding ortho intramolecular Hbond substituents is 1. The number of aryl methyl sites for hydroxylation is 1. The molecule has 0 amide bonds. The van der Waals surface area contributed by atoms with Gasteiger partial charge in [0.05, 0.1) is 9.37 Å². The maximum absolute atomic E-state index is 13.5. The third-order valence-electron chi connectivity index (χ3n) is 6.13. The van der Waals surface area contributed by atoms with Gasteiger partial charge >= 0.3 is 0 Å². The van der Waals surface area contributed by atoms with Crippen molar-refractivity contribution >= 4 is 26.0 Å². The van der Waals surface area contributed by atoms with E-state index >= 15 is 0 Å². The summed E-state index contributed by atoms with van der Waals surface area (Å²) in [6.45, 7) is 2.12. The smallest absolute Gasteiger partial charge is 0.243 e. The molecule has 0 spiro atoms. The number of fused-ring (bicyclic) bond motifs is 1. The monoisotopic (exact) mass is 543 g/mol. The van der Waals surface area contributed by atoms with E-state index in [1.165, 1.54) is 4.31 Å². The predicted octanol–water partition coefficient (Wildman–Crippen LogP) is 6.23. The molecule has 4 aromatic rings. The summed E-state index contributed by atoms with van der Waals surface area (Å²) in [5, 5.41) is 11.1. The number of hydrogen-bond acceptors (Lipinski definition) is 3. The standard InChI is InChI=1S/C29H22BrNO3S/c1-20-12-15-23(16-13-20)35(33,34)31-18-25-24(17-14-21-8-4-2-5-9-21)27(22-10-6-3-7-11-22)28(30)29(32)26(25)19-31/h2-13,15-16,32H,18-19H2,1H3. The maximum Gasteiger partial charge on any atom is 0.243 e. The highest BCUT2D eigenvalue weighted by atomic mass is 79.9. The van der Waals surface area contributed by atoms with Gasteiger partial charge in [0.15, 0.2) is 0 Å². The van der Waals surface area contributed by atoms with Crippen molar-refractivity contribution in [2.45, 2.75) is 24.9 Å². The Bertz CT molecular complexity index is 1570. The topological polar surface area (TPSA) is 57.6 Å². The van der Waals surface area contributed by atoms with E-state index in [4.69, 9.17) is 0 Å². The summed E-state index contributed by atoms with van der Waals surface area (Å²) in [7, 11) is -3.76. The molecule has 0 aliphatic carbocycles. The van der Waals surface area contributed by atoms with E-state index in [2.05, 4.69) is 27.8 Å². The zero-order chi connectivity index (χ0) is 24.6. The van der Waals surface area contributed by atoms with Crippen molar-refractivity contribution in [2.75, 3.05) is 0 Å². The van der Waals surface area contributed by atoms with Crippen LogP contribution in [0.25, 0.3) is 11.1 Å². The maximum atomic E-state index is 13.5. The van der Waals surface area contributed by atoms with E-state index in [0.29, 0.717) is 15.6 Å². The van der Waals surface area contributed by atoms with Gasteiger partial charge in [0.1, 0.15) is 5.75 Å². The third-order valence-corrected chi connectivity index (χ3v) is 8.70. The predicted molar refractivity (Wildman–Crippen MR) is 141 cm³/mol. The van der Waals surface area contributed by atoms with Crippen molar-refractivity contribution in [3.8, 4) is 28.7 Å². The molecule has 0 aromatic heterocycles. The molecular weight excluding hydrogens is 522 g/mol. The van der Waals surface area contributed by atoms with Gasteiger partial charge in [-0.25, -0.2) is 8.42 Å². The zero-order valence-electron chi connectivity index (χ0n) is 19.0.